The average molecular weight is 354 g/mol. The number of hydrogen-bond acceptors (Lipinski definition) is 3. The fourth-order valence-electron chi connectivity index (χ4n) is 3.18. The van der Waals surface area contributed by atoms with Crippen molar-refractivity contribution in [2.75, 3.05) is 0 Å². The molecule has 0 radical (unpaired) electrons. The zero-order chi connectivity index (χ0) is 18.6. The Kier molecular flexibility index (Phi) is 4.79. The summed E-state index contributed by atoms with van der Waals surface area (Å²) in [5, 5.41) is 9.17. The van der Waals surface area contributed by atoms with Crippen LogP contribution in [0.4, 0.5) is 11.5 Å². The summed E-state index contributed by atoms with van der Waals surface area (Å²) < 4.78 is 1.99. The maximum absolute atomic E-state index is 4.80. The maximum Gasteiger partial charge on any atom is 0.187 e. The lowest BCUT2D eigenvalue weighted by Gasteiger charge is -2.03. The van der Waals surface area contributed by atoms with Gasteiger partial charge in [-0.25, -0.2) is 4.98 Å². The third-order valence-electron chi connectivity index (χ3n) is 4.77. The number of pyridine rings is 1. The van der Waals surface area contributed by atoms with E-state index in [0.29, 0.717) is 0 Å². The highest BCUT2D eigenvalue weighted by Crippen LogP contribution is 2.33. The van der Waals surface area contributed by atoms with Gasteiger partial charge in [0.05, 0.1) is 5.69 Å². The first kappa shape index (κ1) is 17.2. The number of fused-ring (bicyclic) bond motifs is 1. The molecule has 0 N–H and O–H groups in total. The van der Waals surface area contributed by atoms with Crippen molar-refractivity contribution >= 4 is 17.2 Å². The van der Waals surface area contributed by atoms with Crippen LogP contribution in [0.2, 0.25) is 0 Å². The molecule has 0 aliphatic carbocycles. The van der Waals surface area contributed by atoms with Crippen molar-refractivity contribution in [3.63, 3.8) is 0 Å². The van der Waals surface area contributed by atoms with Crippen LogP contribution in [0, 0.1) is 0 Å². The van der Waals surface area contributed by atoms with Crippen LogP contribution in [-0.2, 0) is 12.8 Å². The van der Waals surface area contributed by atoms with Gasteiger partial charge in [0.25, 0.3) is 0 Å². The van der Waals surface area contributed by atoms with Crippen LogP contribution in [0.5, 0.6) is 0 Å². The van der Waals surface area contributed by atoms with Crippen molar-refractivity contribution in [3.8, 4) is 11.3 Å². The largest absolute Gasteiger partial charge is 0.283 e. The fourth-order valence-corrected chi connectivity index (χ4v) is 3.18. The Hall–Kier alpha value is -3.27. The molecule has 4 heteroatoms. The number of rotatable bonds is 5. The zero-order valence-corrected chi connectivity index (χ0v) is 15.6. The van der Waals surface area contributed by atoms with Crippen molar-refractivity contribution in [2.24, 2.45) is 10.2 Å². The van der Waals surface area contributed by atoms with E-state index in [0.717, 1.165) is 41.3 Å². The van der Waals surface area contributed by atoms with Gasteiger partial charge in [-0.1, -0.05) is 62.4 Å². The molecule has 0 saturated carbocycles. The molecule has 0 aliphatic heterocycles. The Morgan fingerprint density at radius 1 is 0.815 bits per heavy atom. The van der Waals surface area contributed by atoms with Gasteiger partial charge in [0.1, 0.15) is 11.3 Å². The van der Waals surface area contributed by atoms with E-state index < -0.39 is 0 Å². The number of imidazole rings is 1. The third-order valence-corrected chi connectivity index (χ3v) is 4.77. The monoisotopic (exact) mass is 354 g/mol. The van der Waals surface area contributed by atoms with E-state index in [4.69, 9.17) is 4.98 Å². The molecule has 4 rings (SSSR count). The van der Waals surface area contributed by atoms with Gasteiger partial charge in [-0.05, 0) is 42.2 Å². The highest BCUT2D eigenvalue weighted by Gasteiger charge is 2.14. The number of nitrogens with zero attached hydrogens (tertiary/aromatic N) is 4. The molecule has 0 unspecified atom stereocenters. The number of hydrogen-bond donors (Lipinski definition) is 0. The Labute approximate surface area is 159 Å². The predicted molar refractivity (Wildman–Crippen MR) is 110 cm³/mol. The molecule has 0 spiro atoms. The first-order valence-corrected chi connectivity index (χ1v) is 9.36. The van der Waals surface area contributed by atoms with Crippen molar-refractivity contribution in [1.29, 1.82) is 0 Å². The Morgan fingerprint density at radius 3 is 2.37 bits per heavy atom. The lowest BCUT2D eigenvalue weighted by molar-refractivity contribution is 1.07. The van der Waals surface area contributed by atoms with E-state index in [2.05, 4.69) is 54.4 Å². The normalized spacial score (nSPS) is 11.5. The molecule has 4 aromatic rings. The van der Waals surface area contributed by atoms with E-state index in [-0.39, 0.29) is 0 Å². The molecule has 134 valence electrons. The van der Waals surface area contributed by atoms with Crippen molar-refractivity contribution < 1.29 is 0 Å². The van der Waals surface area contributed by atoms with E-state index in [1.165, 1.54) is 11.1 Å². The minimum atomic E-state index is 0.751. The van der Waals surface area contributed by atoms with Crippen molar-refractivity contribution in [2.45, 2.75) is 26.7 Å². The third kappa shape index (κ3) is 3.38. The predicted octanol–water partition coefficient (Wildman–Crippen LogP) is 6.54. The highest BCUT2D eigenvalue weighted by molar-refractivity contribution is 5.74. The molecule has 27 heavy (non-hydrogen) atoms. The quantitative estimate of drug-likeness (QED) is 0.375. The molecule has 0 amide bonds. The van der Waals surface area contributed by atoms with Crippen LogP contribution in [0.3, 0.4) is 0 Å². The van der Waals surface area contributed by atoms with Crippen LogP contribution in [-0.4, -0.2) is 9.38 Å². The molecular weight excluding hydrogens is 332 g/mol. The topological polar surface area (TPSA) is 42.0 Å². The first-order valence-electron chi connectivity index (χ1n) is 9.36. The van der Waals surface area contributed by atoms with Gasteiger partial charge in [-0.3, -0.25) is 4.40 Å². The molecule has 0 fully saturated rings. The van der Waals surface area contributed by atoms with E-state index >= 15 is 0 Å². The van der Waals surface area contributed by atoms with E-state index in [1.54, 1.807) is 0 Å². The molecule has 2 heterocycles. The number of aryl methyl sites for hydroxylation is 2. The summed E-state index contributed by atoms with van der Waals surface area (Å²) in [6.45, 7) is 4.29. The highest BCUT2D eigenvalue weighted by atomic mass is 15.2. The molecule has 4 nitrogen and oxygen atoms in total. The summed E-state index contributed by atoms with van der Waals surface area (Å²) in [4.78, 5) is 4.80. The standard InChI is InChI=1S/C23H22N4/c1-3-17-12-14-19(15-13-17)22-23(27-16-8-7-11-21(27)24-22)26-25-20-10-6-5-9-18(20)4-2/h5-16H,3-4H2,1-2H3. The van der Waals surface area contributed by atoms with Gasteiger partial charge in [0, 0.05) is 11.8 Å². The molecule has 0 atom stereocenters. The van der Waals surface area contributed by atoms with Gasteiger partial charge < -0.3 is 0 Å². The average Bonchev–Trinajstić information content (AvgIpc) is 3.11. The molecular formula is C23H22N4. The molecule has 2 aromatic heterocycles. The number of benzene rings is 2. The van der Waals surface area contributed by atoms with Gasteiger partial charge in [-0.15, -0.1) is 10.2 Å². The van der Waals surface area contributed by atoms with Gasteiger partial charge in [-0.2, -0.15) is 0 Å². The van der Waals surface area contributed by atoms with Crippen molar-refractivity contribution in [3.05, 3.63) is 84.1 Å². The Bertz CT molecular complexity index is 1090. The molecule has 0 saturated heterocycles. The summed E-state index contributed by atoms with van der Waals surface area (Å²) in [7, 11) is 0. The summed E-state index contributed by atoms with van der Waals surface area (Å²) in [6.07, 6.45) is 3.92. The molecule has 2 aromatic carbocycles. The minimum absolute atomic E-state index is 0.751. The number of azo groups is 1. The number of aromatic nitrogens is 2. The second-order valence-electron chi connectivity index (χ2n) is 6.45. The zero-order valence-electron chi connectivity index (χ0n) is 15.6. The second-order valence-corrected chi connectivity index (χ2v) is 6.45. The van der Waals surface area contributed by atoms with Crippen LogP contribution in [0.25, 0.3) is 16.9 Å². The molecule has 0 bridgehead atoms. The fraction of sp³-hybridized carbons (Fsp3) is 0.174. The van der Waals surface area contributed by atoms with Crippen molar-refractivity contribution in [1.82, 2.24) is 9.38 Å². The van der Waals surface area contributed by atoms with E-state index in [9.17, 15) is 0 Å². The summed E-state index contributed by atoms with van der Waals surface area (Å²) >= 11 is 0. The van der Waals surface area contributed by atoms with Gasteiger partial charge in [0.2, 0.25) is 0 Å². The van der Waals surface area contributed by atoms with Crippen LogP contribution >= 0.6 is 0 Å². The summed E-state index contributed by atoms with van der Waals surface area (Å²) in [6, 6.07) is 22.6. The second kappa shape index (κ2) is 7.54. The van der Waals surface area contributed by atoms with Gasteiger partial charge in [0.15, 0.2) is 5.82 Å². The molecule has 0 aliphatic rings. The van der Waals surface area contributed by atoms with Crippen LogP contribution in [0.15, 0.2) is 83.2 Å². The SMILES string of the molecule is CCc1ccc(-c2nc3ccccn3c2N=Nc2ccccc2CC)cc1. The Morgan fingerprint density at radius 2 is 1.59 bits per heavy atom. The van der Waals surface area contributed by atoms with Crippen LogP contribution in [0.1, 0.15) is 25.0 Å². The lowest BCUT2D eigenvalue weighted by atomic mass is 10.1. The smallest absolute Gasteiger partial charge is 0.187 e. The maximum atomic E-state index is 4.80. The minimum Gasteiger partial charge on any atom is -0.283 e. The lowest BCUT2D eigenvalue weighted by Crippen LogP contribution is -1.84. The van der Waals surface area contributed by atoms with Gasteiger partial charge >= 0.3 is 0 Å². The Balaban J connectivity index is 1.84. The van der Waals surface area contributed by atoms with E-state index in [1.807, 2.05) is 47.0 Å². The van der Waals surface area contributed by atoms with Crippen LogP contribution < -0.4 is 0 Å². The summed E-state index contributed by atoms with van der Waals surface area (Å²) in [5.74, 6) is 0.751. The first-order chi connectivity index (χ1) is 13.3. The summed E-state index contributed by atoms with van der Waals surface area (Å²) in [5.41, 5.74) is 6.16.